The van der Waals surface area contributed by atoms with Crippen LogP contribution in [0, 0.1) is 11.7 Å². The lowest BCUT2D eigenvalue weighted by Gasteiger charge is -2.13. The maximum Gasteiger partial charge on any atom is 0.220 e. The van der Waals surface area contributed by atoms with Crippen LogP contribution in [0.25, 0.3) is 0 Å². The minimum Gasteiger partial charge on any atom is -0.356 e. The SMILES string of the molecule is CC(CC(=O)NCCCC1CCCC1)c1ccc(F)cc1. The van der Waals surface area contributed by atoms with E-state index in [1.807, 2.05) is 6.92 Å². The average Bonchev–Trinajstić information content (AvgIpc) is 2.97. The molecule has 116 valence electrons. The molecule has 3 heteroatoms. The zero-order valence-corrected chi connectivity index (χ0v) is 12.9. The zero-order valence-electron chi connectivity index (χ0n) is 12.9. The maximum absolute atomic E-state index is 12.9. The first-order chi connectivity index (χ1) is 10.1. The largest absolute Gasteiger partial charge is 0.356 e. The molecule has 0 saturated heterocycles. The minimum atomic E-state index is -0.234. The Morgan fingerprint density at radius 2 is 1.95 bits per heavy atom. The number of hydrogen-bond acceptors (Lipinski definition) is 1. The summed E-state index contributed by atoms with van der Waals surface area (Å²) in [7, 11) is 0. The van der Waals surface area contributed by atoms with E-state index in [0.717, 1.165) is 24.4 Å². The summed E-state index contributed by atoms with van der Waals surface area (Å²) in [4.78, 5) is 11.9. The fraction of sp³-hybridized carbons (Fsp3) is 0.611. The standard InChI is InChI=1S/C18H26FNO/c1-14(16-8-10-17(19)11-9-16)13-18(21)20-12-4-7-15-5-2-3-6-15/h8-11,14-15H,2-7,12-13H2,1H3,(H,20,21). The Bertz CT molecular complexity index is 437. The van der Waals surface area contributed by atoms with Crippen molar-refractivity contribution >= 4 is 5.91 Å². The summed E-state index contributed by atoms with van der Waals surface area (Å²) in [5.74, 6) is 0.876. The van der Waals surface area contributed by atoms with Crippen LogP contribution in [-0.4, -0.2) is 12.5 Å². The first kappa shape index (κ1) is 16.0. The molecule has 0 heterocycles. The van der Waals surface area contributed by atoms with Gasteiger partial charge in [-0.3, -0.25) is 4.79 Å². The summed E-state index contributed by atoms with van der Waals surface area (Å²) in [6.07, 6.45) is 8.30. The molecule has 0 bridgehead atoms. The maximum atomic E-state index is 12.9. The van der Waals surface area contributed by atoms with E-state index in [1.165, 1.54) is 44.2 Å². The fourth-order valence-electron chi connectivity index (χ4n) is 3.18. The number of halogens is 1. The monoisotopic (exact) mass is 291 g/mol. The second kappa shape index (κ2) is 8.16. The van der Waals surface area contributed by atoms with Crippen molar-refractivity contribution in [3.8, 4) is 0 Å². The van der Waals surface area contributed by atoms with Crippen LogP contribution in [0.3, 0.4) is 0 Å². The summed E-state index contributed by atoms with van der Waals surface area (Å²) in [5.41, 5.74) is 1.01. The molecule has 1 saturated carbocycles. The van der Waals surface area contributed by atoms with Crippen LogP contribution in [0.5, 0.6) is 0 Å². The highest BCUT2D eigenvalue weighted by molar-refractivity contribution is 5.76. The third-order valence-corrected chi connectivity index (χ3v) is 4.52. The fourth-order valence-corrected chi connectivity index (χ4v) is 3.18. The van der Waals surface area contributed by atoms with E-state index in [2.05, 4.69) is 5.32 Å². The Balaban J connectivity index is 1.63. The van der Waals surface area contributed by atoms with Crippen molar-refractivity contribution in [3.05, 3.63) is 35.6 Å². The predicted octanol–water partition coefficient (Wildman–Crippen LogP) is 4.41. The van der Waals surface area contributed by atoms with Crippen molar-refractivity contribution in [1.29, 1.82) is 0 Å². The number of amides is 1. The van der Waals surface area contributed by atoms with Crippen molar-refractivity contribution in [2.24, 2.45) is 5.92 Å². The quantitative estimate of drug-likeness (QED) is 0.741. The summed E-state index contributed by atoms with van der Waals surface area (Å²) >= 11 is 0. The van der Waals surface area contributed by atoms with Gasteiger partial charge in [0.1, 0.15) is 5.82 Å². The number of hydrogen-bond donors (Lipinski definition) is 1. The highest BCUT2D eigenvalue weighted by Gasteiger charge is 2.15. The van der Waals surface area contributed by atoms with E-state index in [1.54, 1.807) is 12.1 Å². The van der Waals surface area contributed by atoms with Gasteiger partial charge in [0.25, 0.3) is 0 Å². The molecule has 1 N–H and O–H groups in total. The third kappa shape index (κ3) is 5.49. The molecule has 1 aliphatic carbocycles. The molecule has 1 unspecified atom stereocenters. The summed E-state index contributed by atoms with van der Waals surface area (Å²) in [6.45, 7) is 2.79. The Morgan fingerprint density at radius 3 is 2.62 bits per heavy atom. The van der Waals surface area contributed by atoms with E-state index in [0.29, 0.717) is 6.42 Å². The third-order valence-electron chi connectivity index (χ3n) is 4.52. The molecule has 1 amide bonds. The number of carbonyl (C=O) groups excluding carboxylic acids is 1. The molecular weight excluding hydrogens is 265 g/mol. The number of carbonyl (C=O) groups is 1. The van der Waals surface area contributed by atoms with Gasteiger partial charge < -0.3 is 5.32 Å². The van der Waals surface area contributed by atoms with Crippen molar-refractivity contribution in [3.63, 3.8) is 0 Å². The number of nitrogens with one attached hydrogen (secondary N) is 1. The van der Waals surface area contributed by atoms with E-state index < -0.39 is 0 Å². The second-order valence-corrected chi connectivity index (χ2v) is 6.30. The topological polar surface area (TPSA) is 29.1 Å². The normalized spacial score (nSPS) is 16.9. The molecule has 1 atom stereocenters. The first-order valence-corrected chi connectivity index (χ1v) is 8.17. The molecule has 0 spiro atoms. The molecule has 21 heavy (non-hydrogen) atoms. The van der Waals surface area contributed by atoms with Crippen LogP contribution in [0.15, 0.2) is 24.3 Å². The molecular formula is C18H26FNO. The van der Waals surface area contributed by atoms with Crippen LogP contribution in [0.4, 0.5) is 4.39 Å². The van der Waals surface area contributed by atoms with Crippen LogP contribution >= 0.6 is 0 Å². The number of rotatable bonds is 7. The first-order valence-electron chi connectivity index (χ1n) is 8.17. The molecule has 1 aliphatic rings. The van der Waals surface area contributed by atoms with Crippen LogP contribution in [0.1, 0.15) is 63.4 Å². The molecule has 1 aromatic carbocycles. The Kier molecular flexibility index (Phi) is 6.21. The van der Waals surface area contributed by atoms with E-state index in [-0.39, 0.29) is 17.6 Å². The molecule has 2 nitrogen and oxygen atoms in total. The van der Waals surface area contributed by atoms with Gasteiger partial charge >= 0.3 is 0 Å². The Morgan fingerprint density at radius 1 is 1.29 bits per heavy atom. The van der Waals surface area contributed by atoms with Gasteiger partial charge in [-0.25, -0.2) is 4.39 Å². The molecule has 1 fully saturated rings. The lowest BCUT2D eigenvalue weighted by Crippen LogP contribution is -2.25. The highest BCUT2D eigenvalue weighted by Crippen LogP contribution is 2.28. The minimum absolute atomic E-state index is 0.0956. The average molecular weight is 291 g/mol. The number of benzene rings is 1. The molecule has 2 rings (SSSR count). The Hall–Kier alpha value is -1.38. The van der Waals surface area contributed by atoms with Gasteiger partial charge in [-0.1, -0.05) is 44.7 Å². The van der Waals surface area contributed by atoms with E-state index >= 15 is 0 Å². The van der Waals surface area contributed by atoms with Crippen LogP contribution < -0.4 is 5.32 Å². The van der Waals surface area contributed by atoms with Crippen LogP contribution in [-0.2, 0) is 4.79 Å². The molecule has 1 aromatic rings. The van der Waals surface area contributed by atoms with Gasteiger partial charge in [0.15, 0.2) is 0 Å². The summed E-state index contributed by atoms with van der Waals surface area (Å²) in [5, 5.41) is 3.01. The summed E-state index contributed by atoms with van der Waals surface area (Å²) in [6, 6.07) is 6.41. The van der Waals surface area contributed by atoms with Crippen molar-refractivity contribution in [1.82, 2.24) is 5.32 Å². The van der Waals surface area contributed by atoms with Crippen LogP contribution in [0.2, 0.25) is 0 Å². The Labute approximate surface area is 127 Å². The predicted molar refractivity (Wildman–Crippen MR) is 83.6 cm³/mol. The lowest BCUT2D eigenvalue weighted by molar-refractivity contribution is -0.121. The van der Waals surface area contributed by atoms with Gasteiger partial charge in [-0.15, -0.1) is 0 Å². The summed E-state index contributed by atoms with van der Waals surface area (Å²) < 4.78 is 12.9. The second-order valence-electron chi connectivity index (χ2n) is 6.30. The van der Waals surface area contributed by atoms with Crippen molar-refractivity contribution < 1.29 is 9.18 Å². The van der Waals surface area contributed by atoms with Gasteiger partial charge in [0.05, 0.1) is 0 Å². The highest BCUT2D eigenvalue weighted by atomic mass is 19.1. The van der Waals surface area contributed by atoms with E-state index in [9.17, 15) is 9.18 Å². The molecule has 0 aliphatic heterocycles. The van der Waals surface area contributed by atoms with Crippen molar-refractivity contribution in [2.45, 2.75) is 57.8 Å². The van der Waals surface area contributed by atoms with E-state index in [4.69, 9.17) is 0 Å². The lowest BCUT2D eigenvalue weighted by atomic mass is 9.97. The smallest absolute Gasteiger partial charge is 0.220 e. The molecule has 0 aromatic heterocycles. The zero-order chi connectivity index (χ0) is 15.1. The molecule has 0 radical (unpaired) electrons. The van der Waals surface area contributed by atoms with Gasteiger partial charge in [-0.05, 0) is 42.4 Å². The van der Waals surface area contributed by atoms with Crippen molar-refractivity contribution in [2.75, 3.05) is 6.54 Å². The van der Waals surface area contributed by atoms with Gasteiger partial charge in [-0.2, -0.15) is 0 Å². The van der Waals surface area contributed by atoms with Gasteiger partial charge in [0.2, 0.25) is 5.91 Å². The van der Waals surface area contributed by atoms with Gasteiger partial charge in [0, 0.05) is 13.0 Å².